The van der Waals surface area contributed by atoms with E-state index in [4.69, 9.17) is 5.73 Å². The first-order valence-corrected chi connectivity index (χ1v) is 8.09. The van der Waals surface area contributed by atoms with Gasteiger partial charge >= 0.3 is 0 Å². The number of hydrogen-bond acceptors (Lipinski definition) is 3. The van der Waals surface area contributed by atoms with Crippen LogP contribution in [0.15, 0.2) is 17.0 Å². The number of rotatable bonds is 4. The minimum absolute atomic E-state index is 0.406. The highest BCUT2D eigenvalue weighted by Gasteiger charge is 2.28. The van der Waals surface area contributed by atoms with Crippen molar-refractivity contribution in [3.8, 4) is 0 Å². The van der Waals surface area contributed by atoms with Crippen LogP contribution >= 0.6 is 0 Å². The van der Waals surface area contributed by atoms with Gasteiger partial charge in [0.15, 0.2) is 0 Å². The lowest BCUT2D eigenvalue weighted by Gasteiger charge is -2.30. The van der Waals surface area contributed by atoms with Gasteiger partial charge in [0.25, 0.3) is 0 Å². The molecular weight excluding hydrogens is 260 g/mol. The SMILES string of the molecule is Cc1cc(N)cc(C)c1S(=O)(=O)N(C)CC1CCC1. The van der Waals surface area contributed by atoms with Gasteiger partial charge in [-0.25, -0.2) is 12.7 Å². The molecule has 19 heavy (non-hydrogen) atoms. The molecule has 1 aromatic carbocycles. The number of sulfonamides is 1. The molecule has 0 aromatic heterocycles. The van der Waals surface area contributed by atoms with Crippen LogP contribution in [-0.4, -0.2) is 26.3 Å². The summed E-state index contributed by atoms with van der Waals surface area (Å²) in [6.07, 6.45) is 3.50. The number of nitrogens with zero attached hydrogens (tertiary/aromatic N) is 1. The van der Waals surface area contributed by atoms with E-state index >= 15 is 0 Å². The van der Waals surface area contributed by atoms with Crippen LogP contribution in [-0.2, 0) is 10.0 Å². The minimum Gasteiger partial charge on any atom is -0.399 e. The van der Waals surface area contributed by atoms with Crippen molar-refractivity contribution in [1.29, 1.82) is 0 Å². The molecule has 1 aromatic rings. The third-order valence-corrected chi connectivity index (χ3v) is 6.02. The molecule has 0 aliphatic heterocycles. The molecule has 0 atom stereocenters. The molecule has 0 unspecified atom stereocenters. The smallest absolute Gasteiger partial charge is 0.243 e. The summed E-state index contributed by atoms with van der Waals surface area (Å²) in [5, 5.41) is 0. The lowest BCUT2D eigenvalue weighted by molar-refractivity contribution is 0.263. The maximum atomic E-state index is 12.6. The van der Waals surface area contributed by atoms with E-state index in [2.05, 4.69) is 0 Å². The number of anilines is 1. The number of nitrogens with two attached hydrogens (primary N) is 1. The zero-order valence-electron chi connectivity index (χ0n) is 11.8. The van der Waals surface area contributed by atoms with E-state index in [0.717, 1.165) is 24.0 Å². The highest BCUT2D eigenvalue weighted by atomic mass is 32.2. The molecule has 0 amide bonds. The van der Waals surface area contributed by atoms with Crippen molar-refractivity contribution in [3.63, 3.8) is 0 Å². The van der Waals surface area contributed by atoms with Crippen LogP contribution in [0.25, 0.3) is 0 Å². The molecule has 2 rings (SSSR count). The van der Waals surface area contributed by atoms with Crippen molar-refractivity contribution in [3.05, 3.63) is 23.3 Å². The Balaban J connectivity index is 2.33. The Morgan fingerprint density at radius 3 is 2.21 bits per heavy atom. The van der Waals surface area contributed by atoms with Crippen LogP contribution < -0.4 is 5.73 Å². The van der Waals surface area contributed by atoms with Gasteiger partial charge in [-0.05, 0) is 55.9 Å². The first kappa shape index (κ1) is 14.3. The van der Waals surface area contributed by atoms with Crippen LogP contribution in [0, 0.1) is 19.8 Å². The van der Waals surface area contributed by atoms with Gasteiger partial charge in [-0.3, -0.25) is 0 Å². The average molecular weight is 282 g/mol. The predicted octanol–water partition coefficient (Wildman–Crippen LogP) is 2.31. The van der Waals surface area contributed by atoms with Gasteiger partial charge in [-0.2, -0.15) is 0 Å². The zero-order valence-corrected chi connectivity index (χ0v) is 12.6. The Morgan fingerprint density at radius 2 is 1.79 bits per heavy atom. The van der Waals surface area contributed by atoms with Gasteiger partial charge in [-0.15, -0.1) is 0 Å². The predicted molar refractivity (Wildman–Crippen MR) is 77.5 cm³/mol. The fourth-order valence-corrected chi connectivity index (χ4v) is 4.33. The van der Waals surface area contributed by atoms with Crippen LogP contribution in [0.3, 0.4) is 0 Å². The van der Waals surface area contributed by atoms with E-state index in [-0.39, 0.29) is 0 Å². The Bertz CT molecular complexity index is 554. The quantitative estimate of drug-likeness (QED) is 0.862. The van der Waals surface area contributed by atoms with Gasteiger partial charge in [0, 0.05) is 19.3 Å². The van der Waals surface area contributed by atoms with Crippen LogP contribution in [0.5, 0.6) is 0 Å². The molecule has 1 aliphatic rings. The maximum absolute atomic E-state index is 12.6. The van der Waals surface area contributed by atoms with Crippen molar-refractivity contribution in [2.24, 2.45) is 5.92 Å². The number of aryl methyl sites for hydroxylation is 2. The van der Waals surface area contributed by atoms with E-state index in [1.807, 2.05) is 0 Å². The molecule has 0 radical (unpaired) electrons. The topological polar surface area (TPSA) is 63.4 Å². The molecule has 0 bridgehead atoms. The lowest BCUT2D eigenvalue weighted by atomic mass is 9.86. The van der Waals surface area contributed by atoms with Gasteiger partial charge in [0.1, 0.15) is 0 Å². The van der Waals surface area contributed by atoms with Gasteiger partial charge in [0.2, 0.25) is 10.0 Å². The summed E-state index contributed by atoms with van der Waals surface area (Å²) in [5.74, 6) is 0.522. The molecule has 1 aliphatic carbocycles. The molecule has 0 saturated heterocycles. The van der Waals surface area contributed by atoms with E-state index in [0.29, 0.717) is 23.0 Å². The van der Waals surface area contributed by atoms with E-state index in [9.17, 15) is 8.42 Å². The van der Waals surface area contributed by atoms with Crippen LogP contribution in [0.1, 0.15) is 30.4 Å². The van der Waals surface area contributed by atoms with Gasteiger partial charge in [0.05, 0.1) is 4.90 Å². The standard InChI is InChI=1S/C14H22N2O2S/c1-10-7-13(15)8-11(2)14(10)19(17,18)16(3)9-12-5-4-6-12/h7-8,12H,4-6,9,15H2,1-3H3. The molecule has 1 fully saturated rings. The largest absolute Gasteiger partial charge is 0.399 e. The fourth-order valence-electron chi connectivity index (χ4n) is 2.68. The van der Waals surface area contributed by atoms with Crippen molar-refractivity contribution in [2.45, 2.75) is 38.0 Å². The molecule has 0 spiro atoms. The summed E-state index contributed by atoms with van der Waals surface area (Å²) in [5.41, 5.74) is 7.80. The molecule has 0 heterocycles. The second-order valence-electron chi connectivity index (χ2n) is 5.57. The Kier molecular flexibility index (Phi) is 3.87. The second-order valence-corrected chi connectivity index (χ2v) is 7.55. The molecule has 1 saturated carbocycles. The third kappa shape index (κ3) is 2.77. The summed E-state index contributed by atoms with van der Waals surface area (Å²) in [6.45, 7) is 4.21. The summed E-state index contributed by atoms with van der Waals surface area (Å²) in [6, 6.07) is 3.44. The Hall–Kier alpha value is -1.07. The summed E-state index contributed by atoms with van der Waals surface area (Å²) < 4.78 is 26.8. The average Bonchev–Trinajstić information content (AvgIpc) is 2.20. The lowest BCUT2D eigenvalue weighted by Crippen LogP contribution is -2.35. The molecule has 106 valence electrons. The second kappa shape index (κ2) is 5.13. The molecule has 5 heteroatoms. The van der Waals surface area contributed by atoms with Crippen molar-refractivity contribution in [1.82, 2.24) is 4.31 Å². The number of nitrogen functional groups attached to an aromatic ring is 1. The minimum atomic E-state index is -3.41. The van der Waals surface area contributed by atoms with Crippen LogP contribution in [0.4, 0.5) is 5.69 Å². The first-order chi connectivity index (χ1) is 8.82. The van der Waals surface area contributed by atoms with Gasteiger partial charge in [-0.1, -0.05) is 6.42 Å². The first-order valence-electron chi connectivity index (χ1n) is 6.65. The fraction of sp³-hybridized carbons (Fsp3) is 0.571. The van der Waals surface area contributed by atoms with E-state index in [1.165, 1.54) is 10.7 Å². The summed E-state index contributed by atoms with van der Waals surface area (Å²) in [7, 11) is -1.74. The highest BCUT2D eigenvalue weighted by molar-refractivity contribution is 7.89. The van der Waals surface area contributed by atoms with Crippen molar-refractivity contribution in [2.75, 3.05) is 19.3 Å². The van der Waals surface area contributed by atoms with Crippen molar-refractivity contribution >= 4 is 15.7 Å². The Labute approximate surface area is 115 Å². The zero-order chi connectivity index (χ0) is 14.2. The molecule has 4 nitrogen and oxygen atoms in total. The monoisotopic (exact) mass is 282 g/mol. The maximum Gasteiger partial charge on any atom is 0.243 e. The molecular formula is C14H22N2O2S. The highest BCUT2D eigenvalue weighted by Crippen LogP contribution is 2.30. The summed E-state index contributed by atoms with van der Waals surface area (Å²) >= 11 is 0. The van der Waals surface area contributed by atoms with Crippen LogP contribution in [0.2, 0.25) is 0 Å². The molecule has 2 N–H and O–H groups in total. The Morgan fingerprint density at radius 1 is 1.26 bits per heavy atom. The normalized spacial score (nSPS) is 16.6. The third-order valence-electron chi connectivity index (χ3n) is 3.89. The number of benzene rings is 1. The number of hydrogen-bond donors (Lipinski definition) is 1. The van der Waals surface area contributed by atoms with Crippen molar-refractivity contribution < 1.29 is 8.42 Å². The van der Waals surface area contributed by atoms with E-state index in [1.54, 1.807) is 33.0 Å². The summed E-state index contributed by atoms with van der Waals surface area (Å²) in [4.78, 5) is 0.406. The van der Waals surface area contributed by atoms with Gasteiger partial charge < -0.3 is 5.73 Å². The van der Waals surface area contributed by atoms with E-state index < -0.39 is 10.0 Å².